The minimum atomic E-state index is -0.649. The summed E-state index contributed by atoms with van der Waals surface area (Å²) in [5.41, 5.74) is 2.89. The summed E-state index contributed by atoms with van der Waals surface area (Å²) in [6.07, 6.45) is 0. The van der Waals surface area contributed by atoms with Gasteiger partial charge in [0.1, 0.15) is 5.75 Å². The number of para-hydroxylation sites is 1. The van der Waals surface area contributed by atoms with E-state index >= 15 is 0 Å². The zero-order valence-electron chi connectivity index (χ0n) is 14.7. The fourth-order valence-corrected chi connectivity index (χ4v) is 2.76. The second-order valence-electron chi connectivity index (χ2n) is 5.77. The number of carbonyl (C=O) groups is 2. The Kier molecular flexibility index (Phi) is 6.89. The van der Waals surface area contributed by atoms with E-state index in [-0.39, 0.29) is 6.61 Å². The molecule has 5 nitrogen and oxygen atoms in total. The molecule has 0 spiro atoms. The average Bonchev–Trinajstić information content (AvgIpc) is 2.60. The van der Waals surface area contributed by atoms with Gasteiger partial charge in [-0.2, -0.15) is 0 Å². The number of esters is 1. The molecule has 0 atom stereocenters. The van der Waals surface area contributed by atoms with E-state index in [9.17, 15) is 9.59 Å². The Hall–Kier alpha value is -2.24. The smallest absolute Gasteiger partial charge is 0.344 e. The van der Waals surface area contributed by atoms with Crippen LogP contribution in [0.3, 0.4) is 0 Å². The third kappa shape index (κ3) is 5.13. The highest BCUT2D eigenvalue weighted by atomic mass is 35.5. The average molecular weight is 396 g/mol. The van der Waals surface area contributed by atoms with Crippen LogP contribution in [0.25, 0.3) is 0 Å². The van der Waals surface area contributed by atoms with Crippen LogP contribution in [-0.2, 0) is 14.3 Å². The molecule has 0 aliphatic carbocycles. The molecule has 0 bridgehead atoms. The molecule has 0 saturated heterocycles. The molecule has 0 aliphatic rings. The lowest BCUT2D eigenvalue weighted by molar-refractivity contribution is -0.149. The monoisotopic (exact) mass is 395 g/mol. The van der Waals surface area contributed by atoms with E-state index in [1.54, 1.807) is 19.1 Å². The maximum Gasteiger partial charge on any atom is 0.344 e. The van der Waals surface area contributed by atoms with E-state index in [0.29, 0.717) is 21.5 Å². The van der Waals surface area contributed by atoms with Gasteiger partial charge in [-0.25, -0.2) is 4.79 Å². The molecular weight excluding hydrogens is 377 g/mol. The normalized spacial score (nSPS) is 10.3. The molecule has 0 aliphatic heterocycles. The standard InChI is InChI=1S/C19H19Cl2NO4/c1-11-7-8-14(20)18(17(11)21)22-15(23)9-25-16(24)10-26-19-12(2)5-4-6-13(19)3/h4-8H,9-10H2,1-3H3,(H,22,23). The number of ether oxygens (including phenoxy) is 2. The fourth-order valence-electron chi connectivity index (χ4n) is 2.29. The minimum absolute atomic E-state index is 0.287. The number of amides is 1. The highest BCUT2D eigenvalue weighted by Crippen LogP contribution is 2.32. The second-order valence-corrected chi connectivity index (χ2v) is 6.56. The van der Waals surface area contributed by atoms with Gasteiger partial charge in [0.25, 0.3) is 5.91 Å². The number of anilines is 1. The lowest BCUT2D eigenvalue weighted by Gasteiger charge is -2.13. The number of aryl methyl sites for hydroxylation is 3. The van der Waals surface area contributed by atoms with Gasteiger partial charge in [0, 0.05) is 0 Å². The third-order valence-corrected chi connectivity index (χ3v) is 4.46. The van der Waals surface area contributed by atoms with Crippen LogP contribution in [0.15, 0.2) is 30.3 Å². The molecule has 0 fully saturated rings. The van der Waals surface area contributed by atoms with Gasteiger partial charge >= 0.3 is 5.97 Å². The van der Waals surface area contributed by atoms with Crippen molar-refractivity contribution >= 4 is 40.8 Å². The highest BCUT2D eigenvalue weighted by Gasteiger charge is 2.14. The van der Waals surface area contributed by atoms with Gasteiger partial charge in [0.05, 0.1) is 15.7 Å². The van der Waals surface area contributed by atoms with Crippen LogP contribution in [0.1, 0.15) is 16.7 Å². The molecule has 0 aromatic heterocycles. The van der Waals surface area contributed by atoms with Crippen LogP contribution in [0, 0.1) is 20.8 Å². The van der Waals surface area contributed by atoms with E-state index in [4.69, 9.17) is 32.7 Å². The summed E-state index contributed by atoms with van der Waals surface area (Å²) in [5, 5.41) is 3.19. The first-order valence-corrected chi connectivity index (χ1v) is 8.64. The SMILES string of the molecule is Cc1ccc(Cl)c(NC(=O)COC(=O)COc2c(C)cccc2C)c1Cl. The number of benzene rings is 2. The molecule has 0 unspecified atom stereocenters. The first kappa shape index (κ1) is 20.1. The Labute approximate surface area is 162 Å². The fraction of sp³-hybridized carbons (Fsp3) is 0.263. The molecule has 2 aromatic rings. The first-order valence-electron chi connectivity index (χ1n) is 7.88. The maximum absolute atomic E-state index is 12.0. The minimum Gasteiger partial charge on any atom is -0.481 e. The molecule has 1 N–H and O–H groups in total. The van der Waals surface area contributed by atoms with Crippen molar-refractivity contribution in [3.05, 3.63) is 57.1 Å². The van der Waals surface area contributed by atoms with Gasteiger partial charge in [0.2, 0.25) is 0 Å². The zero-order chi connectivity index (χ0) is 19.3. The summed E-state index contributed by atoms with van der Waals surface area (Å²) < 4.78 is 10.4. The van der Waals surface area contributed by atoms with Gasteiger partial charge in [0.15, 0.2) is 13.2 Å². The molecule has 2 aromatic carbocycles. The van der Waals surface area contributed by atoms with Gasteiger partial charge in [-0.15, -0.1) is 0 Å². The molecule has 2 rings (SSSR count). The molecule has 0 radical (unpaired) electrons. The number of nitrogens with one attached hydrogen (secondary N) is 1. The van der Waals surface area contributed by atoms with Crippen molar-refractivity contribution in [2.45, 2.75) is 20.8 Å². The van der Waals surface area contributed by atoms with Gasteiger partial charge < -0.3 is 14.8 Å². The van der Waals surface area contributed by atoms with E-state index in [1.165, 1.54) is 0 Å². The van der Waals surface area contributed by atoms with E-state index < -0.39 is 18.5 Å². The Bertz CT molecular complexity index is 816. The number of hydrogen-bond donors (Lipinski definition) is 1. The predicted octanol–water partition coefficient (Wildman–Crippen LogP) is 4.48. The van der Waals surface area contributed by atoms with Gasteiger partial charge in [-0.3, -0.25) is 4.79 Å². The Morgan fingerprint density at radius 1 is 0.962 bits per heavy atom. The van der Waals surface area contributed by atoms with Crippen LogP contribution in [0.2, 0.25) is 10.0 Å². The van der Waals surface area contributed by atoms with Crippen LogP contribution in [0.4, 0.5) is 5.69 Å². The molecule has 138 valence electrons. The Morgan fingerprint density at radius 3 is 2.27 bits per heavy atom. The summed E-state index contributed by atoms with van der Waals surface area (Å²) >= 11 is 12.2. The molecule has 7 heteroatoms. The zero-order valence-corrected chi connectivity index (χ0v) is 16.2. The predicted molar refractivity (Wildman–Crippen MR) is 102 cm³/mol. The van der Waals surface area contributed by atoms with Crippen molar-refractivity contribution in [3.8, 4) is 5.75 Å². The van der Waals surface area contributed by atoms with Crippen LogP contribution in [0.5, 0.6) is 5.75 Å². The Morgan fingerprint density at radius 2 is 1.62 bits per heavy atom. The topological polar surface area (TPSA) is 64.6 Å². The van der Waals surface area contributed by atoms with Crippen molar-refractivity contribution in [2.75, 3.05) is 18.5 Å². The lowest BCUT2D eigenvalue weighted by atomic mass is 10.1. The van der Waals surface area contributed by atoms with Gasteiger partial charge in [-0.1, -0.05) is 47.5 Å². The summed E-state index contributed by atoms with van der Waals surface area (Å²) in [4.78, 5) is 23.8. The number of hydrogen-bond acceptors (Lipinski definition) is 4. The largest absolute Gasteiger partial charge is 0.481 e. The first-order chi connectivity index (χ1) is 12.3. The maximum atomic E-state index is 12.0. The molecular formula is C19H19Cl2NO4. The van der Waals surface area contributed by atoms with Crippen molar-refractivity contribution < 1.29 is 19.1 Å². The Balaban J connectivity index is 1.86. The van der Waals surface area contributed by atoms with Crippen molar-refractivity contribution in [1.29, 1.82) is 0 Å². The van der Waals surface area contributed by atoms with Crippen molar-refractivity contribution in [3.63, 3.8) is 0 Å². The van der Waals surface area contributed by atoms with Crippen LogP contribution < -0.4 is 10.1 Å². The van der Waals surface area contributed by atoms with E-state index in [1.807, 2.05) is 32.0 Å². The van der Waals surface area contributed by atoms with Crippen molar-refractivity contribution in [1.82, 2.24) is 0 Å². The second kappa shape index (κ2) is 8.92. The summed E-state index contributed by atoms with van der Waals surface area (Å²) in [5.74, 6) is -0.559. The number of rotatable bonds is 6. The summed E-state index contributed by atoms with van der Waals surface area (Å²) in [6, 6.07) is 9.04. The molecule has 1 amide bonds. The molecule has 26 heavy (non-hydrogen) atoms. The third-order valence-electron chi connectivity index (χ3n) is 3.66. The summed E-state index contributed by atoms with van der Waals surface area (Å²) in [6.45, 7) is 4.81. The molecule has 0 heterocycles. The molecule has 0 saturated carbocycles. The number of carbonyl (C=O) groups excluding carboxylic acids is 2. The van der Waals surface area contributed by atoms with Crippen LogP contribution in [-0.4, -0.2) is 25.1 Å². The highest BCUT2D eigenvalue weighted by molar-refractivity contribution is 6.40. The lowest BCUT2D eigenvalue weighted by Crippen LogP contribution is -2.24. The van der Waals surface area contributed by atoms with Crippen molar-refractivity contribution in [2.24, 2.45) is 0 Å². The van der Waals surface area contributed by atoms with Crippen LogP contribution >= 0.6 is 23.2 Å². The van der Waals surface area contributed by atoms with E-state index in [2.05, 4.69) is 5.32 Å². The van der Waals surface area contributed by atoms with Gasteiger partial charge in [-0.05, 0) is 43.5 Å². The summed E-state index contributed by atoms with van der Waals surface area (Å²) in [7, 11) is 0. The van der Waals surface area contributed by atoms with E-state index in [0.717, 1.165) is 16.7 Å². The number of halogens is 2. The quantitative estimate of drug-likeness (QED) is 0.732.